The molecule has 90 valence electrons. The molecule has 16 heavy (non-hydrogen) atoms. The number of likely N-dealkylation sites (N-methyl/N-ethyl adjacent to an activating group) is 1. The van der Waals surface area contributed by atoms with Crippen LogP contribution in [0.25, 0.3) is 0 Å². The summed E-state index contributed by atoms with van der Waals surface area (Å²) in [7, 11) is 2.05. The smallest absolute Gasteiger partial charge is 0.138 e. The molecule has 1 aliphatic rings. The summed E-state index contributed by atoms with van der Waals surface area (Å²) in [5.74, 6) is 2.83. The molecule has 1 N–H and O–H groups in total. The van der Waals surface area contributed by atoms with Crippen LogP contribution in [0.3, 0.4) is 0 Å². The van der Waals surface area contributed by atoms with E-state index in [4.69, 9.17) is 0 Å². The molecule has 2 rings (SSSR count). The van der Waals surface area contributed by atoms with Crippen molar-refractivity contribution in [3.63, 3.8) is 0 Å². The first-order valence-corrected chi connectivity index (χ1v) is 6.30. The highest BCUT2D eigenvalue weighted by atomic mass is 15.3. The number of hydrogen-bond acceptors (Lipinski definition) is 3. The average Bonchev–Trinajstić information content (AvgIpc) is 2.84. The Bertz CT molecular complexity index is 334. The fourth-order valence-corrected chi connectivity index (χ4v) is 2.42. The molecule has 0 bridgehead atoms. The van der Waals surface area contributed by atoms with Gasteiger partial charge in [0.25, 0.3) is 0 Å². The van der Waals surface area contributed by atoms with Crippen LogP contribution in [0.2, 0.25) is 0 Å². The molecule has 1 aromatic heterocycles. The normalized spacial score (nSPS) is 25.7. The van der Waals surface area contributed by atoms with Crippen LogP contribution in [0.4, 0.5) is 0 Å². The second-order valence-electron chi connectivity index (χ2n) is 4.88. The van der Waals surface area contributed by atoms with Crippen LogP contribution < -0.4 is 5.32 Å². The lowest BCUT2D eigenvalue weighted by atomic mass is 10.1. The maximum atomic E-state index is 4.37. The quantitative estimate of drug-likeness (QED) is 0.792. The van der Waals surface area contributed by atoms with E-state index in [0.717, 1.165) is 37.0 Å². The number of aromatic nitrogens is 3. The molecule has 1 saturated carbocycles. The summed E-state index contributed by atoms with van der Waals surface area (Å²) in [6, 6.07) is 0.565. The minimum atomic E-state index is 0.565. The van der Waals surface area contributed by atoms with Gasteiger partial charge in [0.05, 0.1) is 0 Å². The van der Waals surface area contributed by atoms with Crippen LogP contribution in [-0.2, 0) is 13.0 Å². The van der Waals surface area contributed by atoms with Crippen molar-refractivity contribution >= 4 is 0 Å². The molecule has 1 fully saturated rings. The zero-order valence-corrected chi connectivity index (χ0v) is 10.5. The predicted octanol–water partition coefficient (Wildman–Crippen LogP) is 1.47. The van der Waals surface area contributed by atoms with E-state index in [-0.39, 0.29) is 0 Å². The van der Waals surface area contributed by atoms with Crippen LogP contribution in [0.5, 0.6) is 0 Å². The van der Waals surface area contributed by atoms with Gasteiger partial charge in [-0.25, -0.2) is 4.98 Å². The number of nitrogens with zero attached hydrogens (tertiary/aromatic N) is 3. The number of nitrogens with one attached hydrogen (secondary N) is 1. The van der Waals surface area contributed by atoms with Crippen molar-refractivity contribution in [1.29, 1.82) is 0 Å². The summed E-state index contributed by atoms with van der Waals surface area (Å²) in [6.07, 6.45) is 5.15. The molecule has 0 radical (unpaired) electrons. The molecule has 0 aromatic carbocycles. The maximum absolute atomic E-state index is 4.37. The first-order valence-electron chi connectivity index (χ1n) is 6.30. The molecular weight excluding hydrogens is 200 g/mol. The van der Waals surface area contributed by atoms with Gasteiger partial charge >= 0.3 is 0 Å². The minimum Gasteiger partial charge on any atom is -0.316 e. The Hall–Kier alpha value is -0.900. The summed E-state index contributed by atoms with van der Waals surface area (Å²) in [5, 5.41) is 7.69. The lowest BCUT2D eigenvalue weighted by Gasteiger charge is -2.15. The standard InChI is InChI=1S/C12H22N4/c1-4-5-16-12(14-8-15-16)7-11(13-3)10-6-9(10)2/h8-11,13H,4-7H2,1-3H3. The molecule has 1 heterocycles. The Kier molecular flexibility index (Phi) is 3.59. The molecule has 0 spiro atoms. The van der Waals surface area contributed by atoms with E-state index in [1.165, 1.54) is 6.42 Å². The highest BCUT2D eigenvalue weighted by Crippen LogP contribution is 2.41. The first kappa shape index (κ1) is 11.6. The van der Waals surface area contributed by atoms with E-state index >= 15 is 0 Å². The average molecular weight is 222 g/mol. The molecule has 1 aromatic rings. The van der Waals surface area contributed by atoms with Gasteiger partial charge in [0.15, 0.2) is 0 Å². The van der Waals surface area contributed by atoms with Crippen LogP contribution in [-0.4, -0.2) is 27.9 Å². The van der Waals surface area contributed by atoms with Gasteiger partial charge < -0.3 is 5.32 Å². The summed E-state index contributed by atoms with van der Waals surface area (Å²) in [4.78, 5) is 4.37. The highest BCUT2D eigenvalue weighted by molar-refractivity contribution is 4.98. The lowest BCUT2D eigenvalue weighted by molar-refractivity contribution is 0.451. The zero-order valence-electron chi connectivity index (χ0n) is 10.5. The van der Waals surface area contributed by atoms with Crippen LogP contribution >= 0.6 is 0 Å². The predicted molar refractivity (Wildman–Crippen MR) is 64.1 cm³/mol. The van der Waals surface area contributed by atoms with Gasteiger partial charge in [0.1, 0.15) is 12.2 Å². The van der Waals surface area contributed by atoms with Crippen molar-refractivity contribution in [1.82, 2.24) is 20.1 Å². The number of aryl methyl sites for hydroxylation is 1. The van der Waals surface area contributed by atoms with E-state index in [9.17, 15) is 0 Å². The Balaban J connectivity index is 1.98. The summed E-state index contributed by atoms with van der Waals surface area (Å²) >= 11 is 0. The van der Waals surface area contributed by atoms with Gasteiger partial charge in [-0.1, -0.05) is 13.8 Å². The molecule has 0 aliphatic heterocycles. The van der Waals surface area contributed by atoms with Crippen LogP contribution in [0, 0.1) is 11.8 Å². The molecule has 0 saturated heterocycles. The summed E-state index contributed by atoms with van der Waals surface area (Å²) < 4.78 is 2.04. The lowest BCUT2D eigenvalue weighted by Crippen LogP contribution is -2.31. The molecule has 3 unspecified atom stereocenters. The van der Waals surface area contributed by atoms with Crippen molar-refractivity contribution in [3.05, 3.63) is 12.2 Å². The first-order chi connectivity index (χ1) is 7.76. The van der Waals surface area contributed by atoms with Gasteiger partial charge in [0, 0.05) is 19.0 Å². The van der Waals surface area contributed by atoms with Gasteiger partial charge in [-0.05, 0) is 31.7 Å². The van der Waals surface area contributed by atoms with E-state index in [1.54, 1.807) is 6.33 Å². The van der Waals surface area contributed by atoms with Gasteiger partial charge in [-0.15, -0.1) is 0 Å². The van der Waals surface area contributed by atoms with E-state index in [1.807, 2.05) is 4.68 Å². The maximum Gasteiger partial charge on any atom is 0.138 e. The van der Waals surface area contributed by atoms with Crippen molar-refractivity contribution < 1.29 is 0 Å². The Morgan fingerprint density at radius 2 is 2.38 bits per heavy atom. The van der Waals surface area contributed by atoms with Crippen LogP contribution in [0.1, 0.15) is 32.5 Å². The van der Waals surface area contributed by atoms with Gasteiger partial charge in [-0.2, -0.15) is 5.10 Å². The SMILES string of the molecule is CCCn1ncnc1CC(NC)C1CC1C. The molecule has 4 nitrogen and oxygen atoms in total. The zero-order chi connectivity index (χ0) is 11.5. The number of rotatable bonds is 6. The fraction of sp³-hybridized carbons (Fsp3) is 0.833. The fourth-order valence-electron chi connectivity index (χ4n) is 2.42. The van der Waals surface area contributed by atoms with Crippen molar-refractivity contribution in [2.24, 2.45) is 11.8 Å². The topological polar surface area (TPSA) is 42.7 Å². The Morgan fingerprint density at radius 1 is 1.62 bits per heavy atom. The summed E-state index contributed by atoms with van der Waals surface area (Å²) in [6.45, 7) is 5.47. The van der Waals surface area contributed by atoms with Crippen molar-refractivity contribution in [3.8, 4) is 0 Å². The van der Waals surface area contributed by atoms with Gasteiger partial charge in [-0.3, -0.25) is 4.68 Å². The Morgan fingerprint density at radius 3 is 2.94 bits per heavy atom. The third kappa shape index (κ3) is 2.43. The third-order valence-corrected chi connectivity index (χ3v) is 3.59. The molecule has 1 aliphatic carbocycles. The molecule has 4 heteroatoms. The summed E-state index contributed by atoms with van der Waals surface area (Å²) in [5.41, 5.74) is 0. The second-order valence-corrected chi connectivity index (χ2v) is 4.88. The monoisotopic (exact) mass is 222 g/mol. The molecular formula is C12H22N4. The number of hydrogen-bond donors (Lipinski definition) is 1. The second kappa shape index (κ2) is 4.95. The highest BCUT2D eigenvalue weighted by Gasteiger charge is 2.39. The van der Waals surface area contributed by atoms with E-state index in [2.05, 4.69) is 36.3 Å². The largest absolute Gasteiger partial charge is 0.316 e. The van der Waals surface area contributed by atoms with Crippen molar-refractivity contribution in [2.75, 3.05) is 7.05 Å². The van der Waals surface area contributed by atoms with E-state index < -0.39 is 0 Å². The van der Waals surface area contributed by atoms with Crippen molar-refractivity contribution in [2.45, 2.75) is 45.7 Å². The third-order valence-electron chi connectivity index (χ3n) is 3.59. The molecule has 3 atom stereocenters. The van der Waals surface area contributed by atoms with E-state index in [0.29, 0.717) is 6.04 Å². The molecule has 0 amide bonds. The Labute approximate surface area is 97.5 Å². The van der Waals surface area contributed by atoms with Gasteiger partial charge in [0.2, 0.25) is 0 Å². The minimum absolute atomic E-state index is 0.565. The van der Waals surface area contributed by atoms with Crippen LogP contribution in [0.15, 0.2) is 6.33 Å².